The molecule has 0 saturated heterocycles. The fourth-order valence-corrected chi connectivity index (χ4v) is 2.24. The quantitative estimate of drug-likeness (QED) is 0.698. The Morgan fingerprint density at radius 1 is 1.35 bits per heavy atom. The van der Waals surface area contributed by atoms with Gasteiger partial charge in [0.25, 0.3) is 0 Å². The first-order valence-corrected chi connectivity index (χ1v) is 5.81. The second-order valence-corrected chi connectivity index (χ2v) is 4.37. The molecule has 2 aromatic rings. The number of fused-ring (bicyclic) bond motifs is 1. The van der Waals surface area contributed by atoms with Crippen molar-refractivity contribution in [1.82, 2.24) is 9.97 Å². The maximum Gasteiger partial charge on any atom is 0.172 e. The van der Waals surface area contributed by atoms with Crippen molar-refractivity contribution >= 4 is 34.2 Å². The highest BCUT2D eigenvalue weighted by atomic mass is 32.1. The number of aromatic nitrogens is 2. The predicted octanol–water partition coefficient (Wildman–Crippen LogP) is 0.985. The van der Waals surface area contributed by atoms with Crippen LogP contribution in [0.1, 0.15) is 5.01 Å². The number of rotatable bonds is 1. The molecule has 0 aromatic carbocycles. The Hall–Kier alpha value is -1.99. The topological polar surface area (TPSA) is 96.4 Å². The summed E-state index contributed by atoms with van der Waals surface area (Å²) in [6, 6.07) is 1.67. The van der Waals surface area contributed by atoms with Gasteiger partial charge in [-0.3, -0.25) is 0 Å². The van der Waals surface area contributed by atoms with E-state index in [1.165, 1.54) is 11.3 Å². The molecule has 3 rings (SSSR count). The molecule has 0 bridgehead atoms. The number of aliphatic hydroxyl groups is 1. The maximum absolute atomic E-state index is 9.92. The van der Waals surface area contributed by atoms with E-state index in [4.69, 9.17) is 5.73 Å². The molecule has 6 nitrogen and oxygen atoms in total. The third-order valence-electron chi connectivity index (χ3n) is 2.37. The SMILES string of the molecule is Nc1ccnc2c1N=C(c1nccs1)C(O)N2. The van der Waals surface area contributed by atoms with E-state index in [9.17, 15) is 5.11 Å². The molecule has 1 aliphatic heterocycles. The summed E-state index contributed by atoms with van der Waals surface area (Å²) in [7, 11) is 0. The van der Waals surface area contributed by atoms with Crippen molar-refractivity contribution in [3.05, 3.63) is 28.8 Å². The van der Waals surface area contributed by atoms with Crippen LogP contribution in [0.4, 0.5) is 17.2 Å². The van der Waals surface area contributed by atoms with Gasteiger partial charge in [0.1, 0.15) is 16.4 Å². The van der Waals surface area contributed by atoms with Crippen LogP contribution in [0.5, 0.6) is 0 Å². The molecule has 86 valence electrons. The number of nitrogens with zero attached hydrogens (tertiary/aromatic N) is 3. The van der Waals surface area contributed by atoms with Crippen LogP contribution in [-0.4, -0.2) is 27.0 Å². The molecular formula is C10H9N5OS. The number of pyridine rings is 1. The van der Waals surface area contributed by atoms with Crippen molar-refractivity contribution in [2.45, 2.75) is 6.23 Å². The lowest BCUT2D eigenvalue weighted by molar-refractivity contribution is 0.269. The van der Waals surface area contributed by atoms with E-state index in [1.807, 2.05) is 5.38 Å². The molecular weight excluding hydrogens is 238 g/mol. The summed E-state index contributed by atoms with van der Waals surface area (Å²) in [5.41, 5.74) is 7.34. The van der Waals surface area contributed by atoms with Crippen LogP contribution in [0.3, 0.4) is 0 Å². The third kappa shape index (κ3) is 1.65. The van der Waals surface area contributed by atoms with Gasteiger partial charge in [-0.15, -0.1) is 11.3 Å². The molecule has 3 heterocycles. The first-order valence-electron chi connectivity index (χ1n) is 4.93. The Morgan fingerprint density at radius 2 is 2.24 bits per heavy atom. The number of aliphatic hydroxyl groups excluding tert-OH is 1. The van der Waals surface area contributed by atoms with Gasteiger partial charge in [-0.2, -0.15) is 0 Å². The fraction of sp³-hybridized carbons (Fsp3) is 0.100. The standard InChI is InChI=1S/C10H9N5OS/c11-5-1-2-12-8-6(5)14-7(9(16)15-8)10-13-3-4-17-10/h1-4,9,16H,(H3,11,12,15). The first kappa shape index (κ1) is 10.2. The predicted molar refractivity (Wildman–Crippen MR) is 66.6 cm³/mol. The number of aliphatic imine (C=N–C) groups is 1. The van der Waals surface area contributed by atoms with Crippen molar-refractivity contribution in [1.29, 1.82) is 0 Å². The van der Waals surface area contributed by atoms with Crippen LogP contribution in [0.15, 0.2) is 28.8 Å². The largest absolute Gasteiger partial charge is 0.397 e. The molecule has 7 heteroatoms. The number of nitrogen functional groups attached to an aromatic ring is 1. The molecule has 0 saturated carbocycles. The lowest BCUT2D eigenvalue weighted by Crippen LogP contribution is -2.32. The van der Waals surface area contributed by atoms with E-state index in [0.717, 1.165) is 0 Å². The minimum absolute atomic E-state index is 0.465. The molecule has 0 spiro atoms. The van der Waals surface area contributed by atoms with Crippen LogP contribution in [0.25, 0.3) is 0 Å². The second kappa shape index (κ2) is 3.79. The minimum atomic E-state index is -0.914. The van der Waals surface area contributed by atoms with Gasteiger partial charge in [-0.05, 0) is 6.07 Å². The fourth-order valence-electron chi connectivity index (χ4n) is 1.59. The smallest absolute Gasteiger partial charge is 0.172 e. The lowest BCUT2D eigenvalue weighted by atomic mass is 10.2. The number of nitrogens with two attached hydrogens (primary N) is 1. The Balaban J connectivity index is 2.15. The zero-order chi connectivity index (χ0) is 11.8. The summed E-state index contributed by atoms with van der Waals surface area (Å²) < 4.78 is 0. The Labute approximate surface area is 101 Å². The molecule has 0 radical (unpaired) electrons. The van der Waals surface area contributed by atoms with Crippen LogP contribution in [0.2, 0.25) is 0 Å². The van der Waals surface area contributed by atoms with Crippen molar-refractivity contribution in [3.63, 3.8) is 0 Å². The molecule has 0 aliphatic carbocycles. The van der Waals surface area contributed by atoms with Crippen molar-refractivity contribution in [2.24, 2.45) is 4.99 Å². The molecule has 1 atom stereocenters. The Kier molecular flexibility index (Phi) is 2.27. The minimum Gasteiger partial charge on any atom is -0.397 e. The summed E-state index contributed by atoms with van der Waals surface area (Å²) in [4.78, 5) is 12.5. The number of hydrogen-bond donors (Lipinski definition) is 3. The molecule has 4 N–H and O–H groups in total. The lowest BCUT2D eigenvalue weighted by Gasteiger charge is -2.21. The average Bonchev–Trinajstić information content (AvgIpc) is 2.82. The van der Waals surface area contributed by atoms with Gasteiger partial charge >= 0.3 is 0 Å². The summed E-state index contributed by atoms with van der Waals surface area (Å²) in [5.74, 6) is 0.484. The van der Waals surface area contributed by atoms with Crippen LogP contribution in [-0.2, 0) is 0 Å². The third-order valence-corrected chi connectivity index (χ3v) is 3.17. The van der Waals surface area contributed by atoms with Crippen LogP contribution >= 0.6 is 11.3 Å². The van der Waals surface area contributed by atoms with E-state index < -0.39 is 6.23 Å². The van der Waals surface area contributed by atoms with Crippen molar-refractivity contribution in [2.75, 3.05) is 11.1 Å². The second-order valence-electron chi connectivity index (χ2n) is 3.48. The van der Waals surface area contributed by atoms with Gasteiger partial charge in [-0.25, -0.2) is 15.0 Å². The molecule has 0 amide bonds. The van der Waals surface area contributed by atoms with Crippen molar-refractivity contribution < 1.29 is 5.11 Å². The zero-order valence-corrected chi connectivity index (χ0v) is 9.48. The van der Waals surface area contributed by atoms with Gasteiger partial charge in [-0.1, -0.05) is 0 Å². The molecule has 1 aliphatic rings. The Morgan fingerprint density at radius 3 is 3.00 bits per heavy atom. The highest BCUT2D eigenvalue weighted by molar-refractivity contribution is 7.11. The van der Waals surface area contributed by atoms with Gasteiger partial charge in [0, 0.05) is 17.8 Å². The number of anilines is 2. The van der Waals surface area contributed by atoms with E-state index in [1.54, 1.807) is 18.5 Å². The van der Waals surface area contributed by atoms with Crippen LogP contribution < -0.4 is 11.1 Å². The summed E-state index contributed by atoms with van der Waals surface area (Å²) in [6.07, 6.45) is 2.32. The number of thiazole rings is 1. The highest BCUT2D eigenvalue weighted by Gasteiger charge is 2.25. The van der Waals surface area contributed by atoms with E-state index >= 15 is 0 Å². The van der Waals surface area contributed by atoms with Crippen LogP contribution in [0, 0.1) is 0 Å². The van der Waals surface area contributed by atoms with E-state index in [0.29, 0.717) is 27.9 Å². The number of hydrogen-bond acceptors (Lipinski definition) is 7. The van der Waals surface area contributed by atoms with E-state index in [-0.39, 0.29) is 0 Å². The van der Waals surface area contributed by atoms with Gasteiger partial charge in [0.2, 0.25) is 0 Å². The molecule has 1 unspecified atom stereocenters. The zero-order valence-electron chi connectivity index (χ0n) is 8.66. The summed E-state index contributed by atoms with van der Waals surface area (Å²) in [5, 5.41) is 15.3. The monoisotopic (exact) mass is 247 g/mol. The van der Waals surface area contributed by atoms with Gasteiger partial charge in [0.05, 0.1) is 5.69 Å². The molecule has 2 aromatic heterocycles. The summed E-state index contributed by atoms with van der Waals surface area (Å²) >= 11 is 1.41. The molecule has 0 fully saturated rings. The summed E-state index contributed by atoms with van der Waals surface area (Å²) in [6.45, 7) is 0. The number of nitrogens with one attached hydrogen (secondary N) is 1. The average molecular weight is 247 g/mol. The maximum atomic E-state index is 9.92. The van der Waals surface area contributed by atoms with Gasteiger partial charge in [0.15, 0.2) is 12.0 Å². The molecule has 17 heavy (non-hydrogen) atoms. The normalized spacial score (nSPS) is 18.2. The van der Waals surface area contributed by atoms with Crippen molar-refractivity contribution in [3.8, 4) is 0 Å². The highest BCUT2D eigenvalue weighted by Crippen LogP contribution is 2.34. The van der Waals surface area contributed by atoms with E-state index in [2.05, 4.69) is 20.3 Å². The van der Waals surface area contributed by atoms with Gasteiger partial charge < -0.3 is 16.2 Å². The first-order chi connectivity index (χ1) is 8.25. The Bertz CT molecular complexity index is 580.